The lowest BCUT2D eigenvalue weighted by Gasteiger charge is -2.38. The average Bonchev–Trinajstić information content (AvgIpc) is 3.28. The topological polar surface area (TPSA) is 134 Å². The molecule has 4 heterocycles. The number of hydrogen-bond donors (Lipinski definition) is 2. The number of aromatic nitrogens is 2. The third-order valence-electron chi connectivity index (χ3n) is 8.69. The number of piperidine rings is 2. The second-order valence-electron chi connectivity index (χ2n) is 11.7. The SMILES string of the molecule is Cn1nc(N2CCC(=O)NC2=O)c2ccc(C3CCN(Cc4cccc(S(=O)(=O)N5CCC(N)CC5)c4)CC3(F)F)cc21. The van der Waals surface area contributed by atoms with E-state index in [1.165, 1.54) is 9.21 Å². The van der Waals surface area contributed by atoms with E-state index < -0.39 is 34.4 Å². The van der Waals surface area contributed by atoms with E-state index in [2.05, 4.69) is 10.4 Å². The van der Waals surface area contributed by atoms with Gasteiger partial charge in [0, 0.05) is 51.1 Å². The molecule has 3 aliphatic heterocycles. The lowest BCUT2D eigenvalue weighted by molar-refractivity contribution is -0.120. The molecule has 0 aliphatic carbocycles. The van der Waals surface area contributed by atoms with Crippen LogP contribution < -0.4 is 16.0 Å². The smallest absolute Gasteiger partial charge is 0.328 e. The molecule has 3 aromatic rings. The fourth-order valence-electron chi connectivity index (χ4n) is 6.32. The van der Waals surface area contributed by atoms with E-state index in [1.54, 1.807) is 59.1 Å². The molecule has 3 saturated heterocycles. The van der Waals surface area contributed by atoms with Crippen LogP contribution in [-0.4, -0.2) is 84.0 Å². The summed E-state index contributed by atoms with van der Waals surface area (Å²) in [4.78, 5) is 27.2. The van der Waals surface area contributed by atoms with Crippen molar-refractivity contribution in [2.45, 2.75) is 55.0 Å². The summed E-state index contributed by atoms with van der Waals surface area (Å²) in [5.41, 5.74) is 7.69. The highest BCUT2D eigenvalue weighted by molar-refractivity contribution is 7.89. The molecule has 43 heavy (non-hydrogen) atoms. The highest BCUT2D eigenvalue weighted by atomic mass is 32.2. The van der Waals surface area contributed by atoms with Crippen LogP contribution in [-0.2, 0) is 28.4 Å². The summed E-state index contributed by atoms with van der Waals surface area (Å²) in [6.07, 6.45) is 1.58. The molecular formula is C29H35F2N7O4S. The zero-order valence-corrected chi connectivity index (χ0v) is 24.7. The first-order valence-electron chi connectivity index (χ1n) is 14.5. The fourth-order valence-corrected chi connectivity index (χ4v) is 7.86. The standard InChI is InChI=1S/C29H35F2N7O4S/c1-35-25-16-20(5-6-23(25)27(34-35)38-14-10-26(39)33-28(38)40)24-9-11-36(18-29(24,30)31)17-19-3-2-4-22(15-19)43(41,42)37-12-7-21(32)8-13-37/h2-6,15-16,21,24H,7-14,17-18,32H2,1H3,(H,33,39,40). The van der Waals surface area contributed by atoms with Crippen molar-refractivity contribution in [1.29, 1.82) is 0 Å². The zero-order chi connectivity index (χ0) is 30.5. The quantitative estimate of drug-likeness (QED) is 0.436. The number of halogens is 2. The van der Waals surface area contributed by atoms with Crippen LogP contribution in [0, 0.1) is 0 Å². The molecule has 6 rings (SSSR count). The normalized spacial score (nSPS) is 22.7. The van der Waals surface area contributed by atoms with Gasteiger partial charge in [-0.05, 0) is 61.2 Å². The Hall–Kier alpha value is -3.46. The number of anilines is 1. The third-order valence-corrected chi connectivity index (χ3v) is 10.6. The molecule has 3 amide bonds. The molecule has 1 unspecified atom stereocenters. The van der Waals surface area contributed by atoms with E-state index in [1.807, 2.05) is 0 Å². The van der Waals surface area contributed by atoms with Gasteiger partial charge in [0.2, 0.25) is 15.9 Å². The zero-order valence-electron chi connectivity index (χ0n) is 23.9. The van der Waals surface area contributed by atoms with E-state index in [-0.39, 0.29) is 42.8 Å². The van der Waals surface area contributed by atoms with Gasteiger partial charge in [-0.25, -0.2) is 22.0 Å². The minimum absolute atomic E-state index is 0.00161. The average molecular weight is 616 g/mol. The van der Waals surface area contributed by atoms with Gasteiger partial charge in [-0.2, -0.15) is 9.40 Å². The largest absolute Gasteiger partial charge is 0.329 e. The lowest BCUT2D eigenvalue weighted by atomic mass is 9.85. The van der Waals surface area contributed by atoms with Gasteiger partial charge in [0.05, 0.1) is 22.9 Å². The number of hydrogen-bond acceptors (Lipinski definition) is 7. The Bertz CT molecular complexity index is 1670. The Kier molecular flexibility index (Phi) is 7.73. The Morgan fingerprint density at radius 1 is 1.05 bits per heavy atom. The van der Waals surface area contributed by atoms with Crippen LogP contribution in [0.2, 0.25) is 0 Å². The van der Waals surface area contributed by atoms with Crippen LogP contribution >= 0.6 is 0 Å². The van der Waals surface area contributed by atoms with Crippen LogP contribution in [0.1, 0.15) is 42.7 Å². The first kappa shape index (κ1) is 29.6. The van der Waals surface area contributed by atoms with Crippen molar-refractivity contribution in [3.63, 3.8) is 0 Å². The number of sulfonamides is 1. The number of nitrogens with two attached hydrogens (primary N) is 1. The maximum Gasteiger partial charge on any atom is 0.329 e. The first-order valence-corrected chi connectivity index (χ1v) is 15.9. The number of nitrogens with one attached hydrogen (secondary N) is 1. The minimum atomic E-state index is -3.69. The van der Waals surface area contributed by atoms with Gasteiger partial charge in [-0.1, -0.05) is 18.2 Å². The molecule has 1 atom stereocenters. The molecule has 230 valence electrons. The maximum atomic E-state index is 15.7. The molecule has 0 saturated carbocycles. The van der Waals surface area contributed by atoms with Crippen molar-refractivity contribution in [2.75, 3.05) is 37.6 Å². The molecule has 0 bridgehead atoms. The monoisotopic (exact) mass is 615 g/mol. The molecule has 0 spiro atoms. The number of urea groups is 1. The molecule has 14 heteroatoms. The van der Waals surface area contributed by atoms with E-state index in [0.717, 1.165) is 0 Å². The van der Waals surface area contributed by atoms with Gasteiger partial charge in [-0.15, -0.1) is 0 Å². The predicted octanol–water partition coefficient (Wildman–Crippen LogP) is 2.76. The van der Waals surface area contributed by atoms with Crippen molar-refractivity contribution < 1.29 is 26.8 Å². The number of carbonyl (C=O) groups is 2. The summed E-state index contributed by atoms with van der Waals surface area (Å²) in [5, 5.41) is 7.37. The van der Waals surface area contributed by atoms with Crippen LogP contribution in [0.5, 0.6) is 0 Å². The number of amides is 3. The van der Waals surface area contributed by atoms with Crippen LogP contribution in [0.25, 0.3) is 10.9 Å². The predicted molar refractivity (Wildman–Crippen MR) is 156 cm³/mol. The van der Waals surface area contributed by atoms with E-state index in [9.17, 15) is 18.0 Å². The summed E-state index contributed by atoms with van der Waals surface area (Å²) in [5.74, 6) is -4.02. The number of aryl methyl sites for hydroxylation is 1. The molecule has 3 fully saturated rings. The van der Waals surface area contributed by atoms with E-state index >= 15 is 8.78 Å². The number of fused-ring (bicyclic) bond motifs is 1. The minimum Gasteiger partial charge on any atom is -0.328 e. The van der Waals surface area contributed by atoms with Gasteiger partial charge < -0.3 is 5.73 Å². The van der Waals surface area contributed by atoms with Gasteiger partial charge in [0.25, 0.3) is 5.92 Å². The summed E-state index contributed by atoms with van der Waals surface area (Å²) in [7, 11) is -1.99. The Balaban J connectivity index is 1.16. The third kappa shape index (κ3) is 5.76. The van der Waals surface area contributed by atoms with Crippen molar-refractivity contribution in [1.82, 2.24) is 24.3 Å². The number of likely N-dealkylation sites (tertiary alicyclic amines) is 1. The number of carbonyl (C=O) groups excluding carboxylic acids is 2. The maximum absolute atomic E-state index is 15.7. The molecule has 11 nitrogen and oxygen atoms in total. The van der Waals surface area contributed by atoms with Gasteiger partial charge in [-0.3, -0.25) is 24.6 Å². The summed E-state index contributed by atoms with van der Waals surface area (Å²) < 4.78 is 60.7. The highest BCUT2D eigenvalue weighted by Gasteiger charge is 2.45. The number of alkyl halides is 2. The number of imide groups is 1. The Labute approximate surface area is 248 Å². The van der Waals surface area contributed by atoms with Crippen molar-refractivity contribution in [2.24, 2.45) is 12.8 Å². The summed E-state index contributed by atoms with van der Waals surface area (Å²) in [6, 6.07) is 11.1. The molecule has 0 radical (unpaired) electrons. The molecule has 2 aromatic carbocycles. The number of benzene rings is 2. The van der Waals surface area contributed by atoms with Crippen LogP contribution in [0.15, 0.2) is 47.4 Å². The molecular weight excluding hydrogens is 580 g/mol. The van der Waals surface area contributed by atoms with Crippen molar-refractivity contribution >= 4 is 38.7 Å². The number of nitrogens with zero attached hydrogens (tertiary/aromatic N) is 5. The van der Waals surface area contributed by atoms with Gasteiger partial charge in [0.1, 0.15) is 0 Å². The van der Waals surface area contributed by atoms with Crippen molar-refractivity contribution in [3.05, 3.63) is 53.6 Å². The number of rotatable bonds is 6. The van der Waals surface area contributed by atoms with Crippen LogP contribution in [0.4, 0.5) is 19.4 Å². The van der Waals surface area contributed by atoms with Crippen molar-refractivity contribution in [3.8, 4) is 0 Å². The molecule has 3 aliphatic rings. The highest BCUT2D eigenvalue weighted by Crippen LogP contribution is 2.42. The second kappa shape index (κ2) is 11.2. The van der Waals surface area contributed by atoms with Gasteiger partial charge >= 0.3 is 6.03 Å². The Morgan fingerprint density at radius 3 is 2.53 bits per heavy atom. The summed E-state index contributed by atoms with van der Waals surface area (Å²) >= 11 is 0. The first-order chi connectivity index (χ1) is 20.4. The van der Waals surface area contributed by atoms with Gasteiger partial charge in [0.15, 0.2) is 5.82 Å². The fraction of sp³-hybridized carbons (Fsp3) is 0.483. The van der Waals surface area contributed by atoms with E-state index in [0.29, 0.717) is 60.3 Å². The van der Waals surface area contributed by atoms with E-state index in [4.69, 9.17) is 5.73 Å². The molecule has 3 N–H and O–H groups in total. The molecule has 1 aromatic heterocycles. The summed E-state index contributed by atoms with van der Waals surface area (Å²) in [6.45, 7) is 1.09. The Morgan fingerprint density at radius 2 is 1.81 bits per heavy atom. The second-order valence-corrected chi connectivity index (χ2v) is 13.6. The lowest BCUT2D eigenvalue weighted by Crippen LogP contribution is -2.49. The van der Waals surface area contributed by atoms with Crippen LogP contribution in [0.3, 0.4) is 0 Å².